The van der Waals surface area contributed by atoms with Gasteiger partial charge in [-0.15, -0.1) is 11.8 Å². The van der Waals surface area contributed by atoms with Crippen molar-refractivity contribution in [3.05, 3.63) is 65.5 Å². The van der Waals surface area contributed by atoms with E-state index < -0.39 is 0 Å². The van der Waals surface area contributed by atoms with Gasteiger partial charge in [-0.2, -0.15) is 4.98 Å². The van der Waals surface area contributed by atoms with E-state index in [-0.39, 0.29) is 5.91 Å². The molecule has 140 valence electrons. The Bertz CT molecular complexity index is 876. The lowest BCUT2D eigenvalue weighted by Crippen LogP contribution is -2.24. The summed E-state index contributed by atoms with van der Waals surface area (Å²) in [5, 5.41) is 6.89. The van der Waals surface area contributed by atoms with Gasteiger partial charge >= 0.3 is 0 Å². The van der Waals surface area contributed by atoms with Crippen molar-refractivity contribution in [1.29, 1.82) is 0 Å². The molecule has 1 heterocycles. The molecule has 0 fully saturated rings. The van der Waals surface area contributed by atoms with Gasteiger partial charge in [-0.3, -0.25) is 4.79 Å². The van der Waals surface area contributed by atoms with Crippen molar-refractivity contribution in [3.63, 3.8) is 0 Å². The van der Waals surface area contributed by atoms with E-state index in [1.807, 2.05) is 55.5 Å². The molecule has 7 heteroatoms. The van der Waals surface area contributed by atoms with Gasteiger partial charge in [0.1, 0.15) is 5.75 Å². The van der Waals surface area contributed by atoms with Gasteiger partial charge in [0.05, 0.1) is 18.6 Å². The molecule has 0 spiro atoms. The number of aromatic nitrogens is 2. The molecule has 1 N–H and O–H groups in total. The van der Waals surface area contributed by atoms with Crippen LogP contribution in [0.2, 0.25) is 0 Å². The summed E-state index contributed by atoms with van der Waals surface area (Å²) in [4.78, 5) is 16.3. The van der Waals surface area contributed by atoms with Crippen LogP contribution in [-0.4, -0.2) is 28.9 Å². The highest BCUT2D eigenvalue weighted by atomic mass is 32.2. The minimum atomic E-state index is -0.0181. The van der Waals surface area contributed by atoms with Crippen molar-refractivity contribution < 1.29 is 14.1 Å². The molecule has 6 nitrogen and oxygen atoms in total. The first-order valence-electron chi connectivity index (χ1n) is 8.51. The molecule has 27 heavy (non-hydrogen) atoms. The lowest BCUT2D eigenvalue weighted by molar-refractivity contribution is -0.118. The summed E-state index contributed by atoms with van der Waals surface area (Å²) in [6.45, 7) is 2.57. The van der Waals surface area contributed by atoms with E-state index in [9.17, 15) is 4.79 Å². The van der Waals surface area contributed by atoms with Gasteiger partial charge in [0, 0.05) is 12.1 Å². The number of ether oxygens (including phenoxy) is 1. The summed E-state index contributed by atoms with van der Waals surface area (Å²) >= 11 is 1.44. The third kappa shape index (κ3) is 5.59. The Balaban J connectivity index is 1.43. The Morgan fingerprint density at radius 3 is 2.59 bits per heavy atom. The summed E-state index contributed by atoms with van der Waals surface area (Å²) < 4.78 is 10.4. The molecule has 2 aromatic carbocycles. The van der Waals surface area contributed by atoms with E-state index in [1.54, 1.807) is 7.11 Å². The molecule has 3 rings (SSSR count). The Morgan fingerprint density at radius 2 is 1.89 bits per heavy atom. The van der Waals surface area contributed by atoms with Crippen LogP contribution < -0.4 is 10.1 Å². The Morgan fingerprint density at radius 1 is 1.15 bits per heavy atom. The molecule has 0 unspecified atom stereocenters. The van der Waals surface area contributed by atoms with Gasteiger partial charge in [-0.1, -0.05) is 35.0 Å². The predicted molar refractivity (Wildman–Crippen MR) is 105 cm³/mol. The lowest BCUT2D eigenvalue weighted by Gasteiger charge is -2.05. The molecule has 0 aliphatic heterocycles. The van der Waals surface area contributed by atoms with Crippen LogP contribution in [0.1, 0.15) is 17.0 Å². The number of rotatable bonds is 8. The van der Waals surface area contributed by atoms with Crippen LogP contribution in [0.25, 0.3) is 11.4 Å². The maximum Gasteiger partial charge on any atom is 0.236 e. The number of benzene rings is 2. The maximum absolute atomic E-state index is 12.0. The third-order valence-corrected chi connectivity index (χ3v) is 4.80. The molecule has 0 bridgehead atoms. The van der Waals surface area contributed by atoms with E-state index in [0.717, 1.165) is 16.9 Å². The van der Waals surface area contributed by atoms with Gasteiger partial charge < -0.3 is 14.6 Å². The Kier molecular flexibility index (Phi) is 6.49. The van der Waals surface area contributed by atoms with Crippen LogP contribution in [0.4, 0.5) is 0 Å². The molecule has 0 aliphatic carbocycles. The number of nitrogens with one attached hydrogen (secondary N) is 1. The Hall–Kier alpha value is -2.80. The molecular formula is C20H21N3O3S. The molecule has 1 amide bonds. The number of nitrogens with zero attached hydrogens (tertiary/aromatic N) is 2. The van der Waals surface area contributed by atoms with Crippen LogP contribution >= 0.6 is 11.8 Å². The second-order valence-corrected chi connectivity index (χ2v) is 6.98. The SMILES string of the molecule is COc1ccc(-c2noc(CSCC(=O)NCc3ccc(C)cc3)n2)cc1. The van der Waals surface area contributed by atoms with Crippen LogP contribution in [0.3, 0.4) is 0 Å². The average Bonchev–Trinajstić information content (AvgIpc) is 3.16. The minimum Gasteiger partial charge on any atom is -0.497 e. The third-order valence-electron chi connectivity index (χ3n) is 3.89. The normalized spacial score (nSPS) is 10.6. The standard InChI is InChI=1S/C20H21N3O3S/c1-14-3-5-15(6-4-14)11-21-18(24)12-27-13-19-22-20(23-26-19)16-7-9-17(25-2)10-8-16/h3-10H,11-13H2,1-2H3,(H,21,24). The van der Waals surface area contributed by atoms with E-state index in [2.05, 4.69) is 15.5 Å². The summed E-state index contributed by atoms with van der Waals surface area (Å²) in [5.41, 5.74) is 3.14. The second kappa shape index (κ2) is 9.23. The zero-order valence-electron chi connectivity index (χ0n) is 15.3. The van der Waals surface area contributed by atoms with E-state index in [0.29, 0.717) is 29.8 Å². The number of aryl methyl sites for hydroxylation is 1. The molecule has 1 aromatic heterocycles. The maximum atomic E-state index is 12.0. The molecule has 0 radical (unpaired) electrons. The largest absolute Gasteiger partial charge is 0.497 e. The van der Waals surface area contributed by atoms with Crippen molar-refractivity contribution in [2.75, 3.05) is 12.9 Å². The fourth-order valence-electron chi connectivity index (χ4n) is 2.36. The summed E-state index contributed by atoms with van der Waals surface area (Å²) in [6.07, 6.45) is 0. The van der Waals surface area contributed by atoms with E-state index in [1.165, 1.54) is 17.3 Å². The zero-order chi connectivity index (χ0) is 19.1. The summed E-state index contributed by atoms with van der Waals surface area (Å²) in [5.74, 6) is 2.60. The van der Waals surface area contributed by atoms with Crippen molar-refractivity contribution in [2.24, 2.45) is 0 Å². The summed E-state index contributed by atoms with van der Waals surface area (Å²) in [6, 6.07) is 15.5. The van der Waals surface area contributed by atoms with Crippen molar-refractivity contribution >= 4 is 17.7 Å². The smallest absolute Gasteiger partial charge is 0.236 e. The minimum absolute atomic E-state index is 0.0181. The highest BCUT2D eigenvalue weighted by Gasteiger charge is 2.10. The number of carbonyl (C=O) groups is 1. The molecule has 0 atom stereocenters. The quantitative estimate of drug-likeness (QED) is 0.640. The first-order chi connectivity index (χ1) is 13.1. The van der Waals surface area contributed by atoms with Crippen molar-refractivity contribution in [1.82, 2.24) is 15.5 Å². The first kappa shape index (κ1) is 19.0. The summed E-state index contributed by atoms with van der Waals surface area (Å²) in [7, 11) is 1.62. The topological polar surface area (TPSA) is 77.2 Å². The molecule has 0 saturated carbocycles. The number of hydrogen-bond donors (Lipinski definition) is 1. The van der Waals surface area contributed by atoms with E-state index in [4.69, 9.17) is 9.26 Å². The van der Waals surface area contributed by atoms with Crippen molar-refractivity contribution in [2.45, 2.75) is 19.2 Å². The highest BCUT2D eigenvalue weighted by molar-refractivity contribution is 7.99. The number of amides is 1. The fraction of sp³-hybridized carbons (Fsp3) is 0.250. The molecular weight excluding hydrogens is 362 g/mol. The lowest BCUT2D eigenvalue weighted by atomic mass is 10.1. The zero-order valence-corrected chi connectivity index (χ0v) is 16.1. The van der Waals surface area contributed by atoms with Crippen LogP contribution in [0.15, 0.2) is 53.1 Å². The van der Waals surface area contributed by atoms with E-state index >= 15 is 0 Å². The van der Waals surface area contributed by atoms with Gasteiger partial charge in [0.2, 0.25) is 17.6 Å². The number of hydrogen-bond acceptors (Lipinski definition) is 6. The number of thioether (sulfide) groups is 1. The Labute approximate surface area is 162 Å². The monoisotopic (exact) mass is 383 g/mol. The number of methoxy groups -OCH3 is 1. The van der Waals surface area contributed by atoms with Crippen LogP contribution in [-0.2, 0) is 17.1 Å². The van der Waals surface area contributed by atoms with Crippen molar-refractivity contribution in [3.8, 4) is 17.1 Å². The molecule has 3 aromatic rings. The predicted octanol–water partition coefficient (Wildman–Crippen LogP) is 3.60. The fourth-order valence-corrected chi connectivity index (χ4v) is 3.04. The first-order valence-corrected chi connectivity index (χ1v) is 9.66. The van der Waals surface area contributed by atoms with Gasteiger partial charge in [-0.05, 0) is 36.8 Å². The van der Waals surface area contributed by atoms with Crippen LogP contribution in [0, 0.1) is 6.92 Å². The highest BCUT2D eigenvalue weighted by Crippen LogP contribution is 2.21. The van der Waals surface area contributed by atoms with Gasteiger partial charge in [0.25, 0.3) is 0 Å². The molecule has 0 aliphatic rings. The average molecular weight is 383 g/mol. The van der Waals surface area contributed by atoms with Crippen LogP contribution in [0.5, 0.6) is 5.75 Å². The van der Waals surface area contributed by atoms with Gasteiger partial charge in [-0.25, -0.2) is 0 Å². The second-order valence-electron chi connectivity index (χ2n) is 6.00. The van der Waals surface area contributed by atoms with Gasteiger partial charge in [0.15, 0.2) is 0 Å². The number of carbonyl (C=O) groups excluding carboxylic acids is 1. The molecule has 0 saturated heterocycles.